The Morgan fingerprint density at radius 2 is 1.55 bits per heavy atom. The summed E-state index contributed by atoms with van der Waals surface area (Å²) in [5.74, 6) is 1.38. The molecule has 0 heterocycles. The lowest BCUT2D eigenvalue weighted by Gasteiger charge is -2.13. The van der Waals surface area contributed by atoms with Crippen LogP contribution in [0.1, 0.15) is 57.9 Å². The molecular formula is C31H31Br2Cl2NO6. The molecule has 0 aliphatic rings. The molecule has 0 saturated heterocycles. The van der Waals surface area contributed by atoms with E-state index in [1.807, 2.05) is 6.07 Å². The molecule has 0 aliphatic carbocycles. The van der Waals surface area contributed by atoms with Crippen molar-refractivity contribution in [1.29, 1.82) is 5.26 Å². The van der Waals surface area contributed by atoms with Crippen LogP contribution in [0.15, 0.2) is 63.5 Å². The molecule has 0 saturated carbocycles. The van der Waals surface area contributed by atoms with Crippen LogP contribution in [-0.4, -0.2) is 25.2 Å². The second-order valence-electron chi connectivity index (χ2n) is 8.95. The van der Waals surface area contributed by atoms with E-state index in [4.69, 9.17) is 42.7 Å². The van der Waals surface area contributed by atoms with E-state index in [9.17, 15) is 9.59 Å². The first kappa shape index (κ1) is 35.4. The summed E-state index contributed by atoms with van der Waals surface area (Å²) < 4.78 is 22.2. The minimum absolute atomic E-state index is 0.243. The number of methoxy groups -OCH3 is 1. The van der Waals surface area contributed by atoms with E-state index in [1.165, 1.54) is 20.0 Å². The zero-order chi connectivity index (χ0) is 31.1. The average molecular weight is 744 g/mol. The van der Waals surface area contributed by atoms with Crippen molar-refractivity contribution >= 4 is 67.0 Å². The normalized spacial score (nSPS) is 10.9. The first-order chi connectivity index (χ1) is 20.1. The van der Waals surface area contributed by atoms with Crippen molar-refractivity contribution < 1.29 is 28.5 Å². The highest BCUT2D eigenvalue weighted by Crippen LogP contribution is 2.35. The molecule has 0 radical (unpaired) electrons. The highest BCUT2D eigenvalue weighted by atomic mass is 79.9. The number of benzene rings is 3. The van der Waals surface area contributed by atoms with Gasteiger partial charge in [-0.25, -0.2) is 4.79 Å². The second kappa shape index (κ2) is 18.7. The molecule has 1 atom stereocenters. The van der Waals surface area contributed by atoms with Crippen molar-refractivity contribution in [3.05, 3.63) is 79.2 Å². The van der Waals surface area contributed by atoms with Crippen LogP contribution in [0.3, 0.4) is 0 Å². The lowest BCUT2D eigenvalue weighted by Crippen LogP contribution is -2.24. The number of carbonyl (C=O) groups excluding carboxylic acids is 2. The summed E-state index contributed by atoms with van der Waals surface area (Å²) in [6.45, 7) is 3.78. The van der Waals surface area contributed by atoms with Crippen LogP contribution in [0.2, 0.25) is 10.0 Å². The van der Waals surface area contributed by atoms with Crippen LogP contribution >= 0.6 is 55.1 Å². The Bertz CT molecular complexity index is 1360. The molecule has 0 N–H and O–H groups in total. The third kappa shape index (κ3) is 12.2. The van der Waals surface area contributed by atoms with Gasteiger partial charge >= 0.3 is 11.9 Å². The molecule has 0 amide bonds. The van der Waals surface area contributed by atoms with Gasteiger partial charge in [-0.3, -0.25) is 4.79 Å². The topological polar surface area (TPSA) is 94.9 Å². The summed E-state index contributed by atoms with van der Waals surface area (Å²) in [7, 11) is 1.31. The number of carbonyl (C=O) groups is 2. The van der Waals surface area contributed by atoms with Gasteiger partial charge in [-0.2, -0.15) is 5.26 Å². The molecule has 3 aromatic rings. The van der Waals surface area contributed by atoms with Gasteiger partial charge in [0.1, 0.15) is 17.2 Å². The Labute approximate surface area is 273 Å². The number of ether oxygens (including phenoxy) is 4. The third-order valence-electron chi connectivity index (χ3n) is 5.62. The number of nitrogens with zero attached hydrogens (tertiary/aromatic N) is 1. The van der Waals surface area contributed by atoms with E-state index in [-0.39, 0.29) is 5.97 Å². The van der Waals surface area contributed by atoms with Crippen LogP contribution in [0.25, 0.3) is 0 Å². The summed E-state index contributed by atoms with van der Waals surface area (Å²) in [6, 6.07) is 17.1. The highest BCUT2D eigenvalue weighted by Gasteiger charge is 2.15. The molecule has 0 bridgehead atoms. The van der Waals surface area contributed by atoms with E-state index >= 15 is 0 Å². The molecule has 42 heavy (non-hydrogen) atoms. The Kier molecular flexibility index (Phi) is 15.8. The fourth-order valence-corrected chi connectivity index (χ4v) is 5.24. The van der Waals surface area contributed by atoms with E-state index in [1.54, 1.807) is 61.5 Å². The second-order valence-corrected chi connectivity index (χ2v) is 11.5. The van der Waals surface area contributed by atoms with Crippen molar-refractivity contribution in [2.45, 2.75) is 58.5 Å². The highest BCUT2D eigenvalue weighted by molar-refractivity contribution is 9.11. The Balaban J connectivity index is 0.000000295. The molecular weight excluding hydrogens is 713 g/mol. The Hall–Kier alpha value is -2.77. The van der Waals surface area contributed by atoms with E-state index in [0.717, 1.165) is 19.3 Å². The lowest BCUT2D eigenvalue weighted by atomic mass is 10.1. The molecule has 0 fully saturated rings. The van der Waals surface area contributed by atoms with Crippen molar-refractivity contribution in [3.63, 3.8) is 0 Å². The van der Waals surface area contributed by atoms with Gasteiger partial charge in [-0.1, -0.05) is 55.8 Å². The minimum Gasteiger partial charge on any atom is -0.479 e. The molecule has 0 aliphatic heterocycles. The summed E-state index contributed by atoms with van der Waals surface area (Å²) >= 11 is 18.5. The summed E-state index contributed by atoms with van der Waals surface area (Å²) in [5.41, 5.74) is 0.503. The standard InChI is InChI=1S/C16H14Cl2O4.C15H17Br2NO2/c1-10(16(19)20-2)21-12-4-6-13(7-5-12)22-15-8-3-11(17)9-14(15)18;1-2-3-4-5-6-7-14(19)20-15-12(16)8-11(10-18)9-13(15)17/h3-10H,1-2H3;8-9H,2-7H2,1H3. The maximum Gasteiger partial charge on any atom is 0.346 e. The fourth-order valence-electron chi connectivity index (χ4n) is 3.45. The van der Waals surface area contributed by atoms with Gasteiger partial charge in [0.15, 0.2) is 11.9 Å². The Morgan fingerprint density at radius 3 is 2.12 bits per heavy atom. The molecule has 3 aromatic carbocycles. The Morgan fingerprint density at radius 1 is 0.929 bits per heavy atom. The SMILES string of the molecule is CCCCCCCC(=O)Oc1c(Br)cc(C#N)cc1Br.COC(=O)C(C)Oc1ccc(Oc2ccc(Cl)cc2Cl)cc1. The predicted molar refractivity (Wildman–Crippen MR) is 171 cm³/mol. The third-order valence-corrected chi connectivity index (χ3v) is 7.33. The number of nitriles is 1. The van der Waals surface area contributed by atoms with Crippen LogP contribution in [-0.2, 0) is 14.3 Å². The van der Waals surface area contributed by atoms with Crippen molar-refractivity contribution in [2.75, 3.05) is 7.11 Å². The number of halogens is 4. The molecule has 3 rings (SSSR count). The number of esters is 2. The van der Waals surface area contributed by atoms with Gasteiger partial charge in [-0.05, 0) is 99.8 Å². The minimum atomic E-state index is -0.678. The smallest absolute Gasteiger partial charge is 0.346 e. The van der Waals surface area contributed by atoms with Gasteiger partial charge < -0.3 is 18.9 Å². The van der Waals surface area contributed by atoms with Gasteiger partial charge in [0, 0.05) is 11.4 Å². The number of unbranched alkanes of at least 4 members (excludes halogenated alkanes) is 4. The van der Waals surface area contributed by atoms with Crippen LogP contribution in [0.5, 0.6) is 23.0 Å². The van der Waals surface area contributed by atoms with E-state index in [2.05, 4.69) is 43.5 Å². The van der Waals surface area contributed by atoms with E-state index < -0.39 is 12.1 Å². The van der Waals surface area contributed by atoms with E-state index in [0.29, 0.717) is 54.0 Å². The molecule has 0 aromatic heterocycles. The van der Waals surface area contributed by atoms with Crippen LogP contribution in [0, 0.1) is 11.3 Å². The molecule has 7 nitrogen and oxygen atoms in total. The first-order valence-corrected chi connectivity index (χ1v) is 15.5. The number of hydrogen-bond donors (Lipinski definition) is 0. The van der Waals surface area contributed by atoms with Gasteiger partial charge in [-0.15, -0.1) is 0 Å². The van der Waals surface area contributed by atoms with Gasteiger partial charge in [0.2, 0.25) is 0 Å². The number of hydrogen-bond acceptors (Lipinski definition) is 7. The van der Waals surface area contributed by atoms with Crippen LogP contribution in [0.4, 0.5) is 0 Å². The number of rotatable bonds is 12. The lowest BCUT2D eigenvalue weighted by molar-refractivity contribution is -0.147. The predicted octanol–water partition coefficient (Wildman–Crippen LogP) is 10.1. The summed E-state index contributed by atoms with van der Waals surface area (Å²) in [5, 5.41) is 9.81. The van der Waals surface area contributed by atoms with Gasteiger partial charge in [0.05, 0.1) is 32.7 Å². The van der Waals surface area contributed by atoms with Crippen molar-refractivity contribution in [2.24, 2.45) is 0 Å². The summed E-state index contributed by atoms with van der Waals surface area (Å²) in [6.07, 6.45) is 5.21. The molecule has 224 valence electrons. The average Bonchev–Trinajstić information content (AvgIpc) is 2.97. The molecule has 11 heteroatoms. The first-order valence-electron chi connectivity index (χ1n) is 13.1. The largest absolute Gasteiger partial charge is 0.479 e. The summed E-state index contributed by atoms with van der Waals surface area (Å²) in [4.78, 5) is 23.1. The van der Waals surface area contributed by atoms with Crippen molar-refractivity contribution in [3.8, 4) is 29.1 Å². The maximum atomic E-state index is 11.8. The molecule has 0 spiro atoms. The monoisotopic (exact) mass is 741 g/mol. The maximum absolute atomic E-state index is 11.8. The zero-order valence-corrected chi connectivity index (χ0v) is 28.1. The van der Waals surface area contributed by atoms with Crippen molar-refractivity contribution in [1.82, 2.24) is 0 Å². The quantitative estimate of drug-likeness (QED) is 0.104. The van der Waals surface area contributed by atoms with Crippen LogP contribution < -0.4 is 14.2 Å². The zero-order valence-electron chi connectivity index (χ0n) is 23.4. The van der Waals surface area contributed by atoms with Gasteiger partial charge in [0.25, 0.3) is 0 Å². The fraction of sp³-hybridized carbons (Fsp3) is 0.323. The molecule has 1 unspecified atom stereocenters.